The topological polar surface area (TPSA) is 53.5 Å². The first kappa shape index (κ1) is 12.9. The van der Waals surface area contributed by atoms with Gasteiger partial charge in [-0.2, -0.15) is 0 Å². The Labute approximate surface area is 113 Å². The van der Waals surface area contributed by atoms with Gasteiger partial charge in [-0.15, -0.1) is 0 Å². The normalized spacial score (nSPS) is 24.5. The van der Waals surface area contributed by atoms with Crippen LogP contribution in [-0.2, 0) is 9.31 Å². The number of hydrogen-bond acceptors (Lipinski definition) is 5. The zero-order valence-electron chi connectivity index (χ0n) is 11.8. The fraction of sp³-hybridized carbons (Fsp3) is 0.692. The van der Waals surface area contributed by atoms with Crippen LogP contribution in [0.15, 0.2) is 12.3 Å². The van der Waals surface area contributed by atoms with E-state index in [1.54, 1.807) is 12.3 Å². The van der Waals surface area contributed by atoms with E-state index in [1.165, 1.54) is 0 Å². The second kappa shape index (κ2) is 4.18. The van der Waals surface area contributed by atoms with Crippen molar-refractivity contribution in [2.24, 2.45) is 0 Å². The molecule has 19 heavy (non-hydrogen) atoms. The number of nitrogens with zero attached hydrogens (tertiary/aromatic N) is 2. The molecular weight excluding hydrogens is 243 g/mol. The summed E-state index contributed by atoms with van der Waals surface area (Å²) in [4.78, 5) is 8.62. The van der Waals surface area contributed by atoms with Gasteiger partial charge in [-0.3, -0.25) is 0 Å². The van der Waals surface area contributed by atoms with E-state index in [1.807, 2.05) is 27.7 Å². The van der Waals surface area contributed by atoms with Crippen LogP contribution < -0.4 is 10.5 Å². The van der Waals surface area contributed by atoms with Gasteiger partial charge in [-0.1, -0.05) is 0 Å². The predicted molar refractivity (Wildman–Crippen MR) is 71.4 cm³/mol. The van der Waals surface area contributed by atoms with Crippen LogP contribution in [-0.4, -0.2) is 34.4 Å². The summed E-state index contributed by atoms with van der Waals surface area (Å²) in [5.41, 5.74) is -0.236. The standard InChI is InChI=1S/C13H19BN2O3/c1-12(2)13(3,4)19-14(18-12)11-15-8-7-10(16-11)17-9-5-6-9/h7-9H,5-6H2,1-4H3. The number of rotatable bonds is 3. The van der Waals surface area contributed by atoms with Crippen LogP contribution >= 0.6 is 0 Å². The Morgan fingerprint density at radius 1 is 1.21 bits per heavy atom. The van der Waals surface area contributed by atoms with E-state index in [-0.39, 0.29) is 11.2 Å². The molecule has 102 valence electrons. The van der Waals surface area contributed by atoms with Crippen molar-refractivity contribution in [1.29, 1.82) is 0 Å². The maximum atomic E-state index is 5.92. The number of hydrogen-bond donors (Lipinski definition) is 0. The highest BCUT2D eigenvalue weighted by Gasteiger charge is 2.53. The van der Waals surface area contributed by atoms with Crippen molar-refractivity contribution >= 4 is 12.8 Å². The highest BCUT2D eigenvalue weighted by atomic mass is 16.7. The van der Waals surface area contributed by atoms with E-state index in [4.69, 9.17) is 14.0 Å². The molecule has 0 spiro atoms. The fourth-order valence-corrected chi connectivity index (χ4v) is 1.84. The molecule has 2 fully saturated rings. The van der Waals surface area contributed by atoms with Crippen molar-refractivity contribution in [2.75, 3.05) is 0 Å². The minimum absolute atomic E-state index is 0.320. The van der Waals surface area contributed by atoms with Gasteiger partial charge in [0.1, 0.15) is 6.10 Å². The average molecular weight is 262 g/mol. The molecule has 2 heterocycles. The van der Waals surface area contributed by atoms with Gasteiger partial charge in [0.2, 0.25) is 5.88 Å². The van der Waals surface area contributed by atoms with E-state index in [9.17, 15) is 0 Å². The monoisotopic (exact) mass is 262 g/mol. The van der Waals surface area contributed by atoms with E-state index in [2.05, 4.69) is 9.97 Å². The van der Waals surface area contributed by atoms with Crippen molar-refractivity contribution in [3.05, 3.63) is 12.3 Å². The highest BCUT2D eigenvalue weighted by Crippen LogP contribution is 2.36. The van der Waals surface area contributed by atoms with Crippen molar-refractivity contribution < 1.29 is 14.0 Å². The minimum atomic E-state index is -0.534. The molecule has 0 amide bonds. The molecule has 1 aromatic heterocycles. The zero-order valence-corrected chi connectivity index (χ0v) is 11.8. The first-order chi connectivity index (χ1) is 8.87. The molecule has 1 aromatic rings. The van der Waals surface area contributed by atoms with Gasteiger partial charge in [0.05, 0.1) is 11.2 Å². The third-order valence-electron chi connectivity index (χ3n) is 3.92. The van der Waals surface area contributed by atoms with E-state index < -0.39 is 7.12 Å². The van der Waals surface area contributed by atoms with Gasteiger partial charge in [-0.05, 0) is 40.5 Å². The summed E-state index contributed by atoms with van der Waals surface area (Å²) in [5.74, 6) is 0.599. The first-order valence-electron chi connectivity index (χ1n) is 6.73. The molecule has 1 saturated carbocycles. The quantitative estimate of drug-likeness (QED) is 0.769. The molecule has 1 saturated heterocycles. The third kappa shape index (κ3) is 2.47. The summed E-state index contributed by atoms with van der Waals surface area (Å²) in [6.07, 6.45) is 4.22. The largest absolute Gasteiger partial charge is 0.534 e. The van der Waals surface area contributed by atoms with Gasteiger partial charge < -0.3 is 14.0 Å². The molecule has 1 aliphatic heterocycles. The predicted octanol–water partition coefficient (Wildman–Crippen LogP) is 1.32. The van der Waals surface area contributed by atoms with E-state index in [0.717, 1.165) is 12.8 Å². The van der Waals surface area contributed by atoms with Crippen LogP contribution in [0, 0.1) is 0 Å². The summed E-state index contributed by atoms with van der Waals surface area (Å²) in [5, 5.41) is 0. The summed E-state index contributed by atoms with van der Waals surface area (Å²) in [7, 11) is -0.534. The Balaban J connectivity index is 1.79. The fourth-order valence-electron chi connectivity index (χ4n) is 1.84. The molecule has 0 aromatic carbocycles. The zero-order chi connectivity index (χ0) is 13.7. The van der Waals surface area contributed by atoms with Crippen LogP contribution in [0.3, 0.4) is 0 Å². The molecule has 3 rings (SSSR count). The minimum Gasteiger partial charge on any atom is -0.474 e. The molecule has 0 N–H and O–H groups in total. The molecule has 0 unspecified atom stereocenters. The Kier molecular flexibility index (Phi) is 2.83. The van der Waals surface area contributed by atoms with E-state index >= 15 is 0 Å². The summed E-state index contributed by atoms with van der Waals surface area (Å²) >= 11 is 0. The van der Waals surface area contributed by atoms with E-state index in [0.29, 0.717) is 17.7 Å². The molecule has 0 radical (unpaired) electrons. The molecule has 6 heteroatoms. The van der Waals surface area contributed by atoms with Crippen LogP contribution in [0.4, 0.5) is 0 Å². The summed E-state index contributed by atoms with van der Waals surface area (Å²) in [6, 6.07) is 1.77. The van der Waals surface area contributed by atoms with Crippen LogP contribution in [0.1, 0.15) is 40.5 Å². The molecule has 1 aliphatic carbocycles. The van der Waals surface area contributed by atoms with Crippen molar-refractivity contribution in [1.82, 2.24) is 9.97 Å². The molecular formula is C13H19BN2O3. The number of aromatic nitrogens is 2. The van der Waals surface area contributed by atoms with Gasteiger partial charge in [-0.25, -0.2) is 9.97 Å². The third-order valence-corrected chi connectivity index (χ3v) is 3.92. The molecule has 5 nitrogen and oxygen atoms in total. The molecule has 0 bridgehead atoms. The average Bonchev–Trinajstić information content (AvgIpc) is 3.07. The summed E-state index contributed by atoms with van der Waals surface area (Å²) in [6.45, 7) is 8.05. The molecule has 2 aliphatic rings. The van der Waals surface area contributed by atoms with Gasteiger partial charge in [0.25, 0.3) is 0 Å². The van der Waals surface area contributed by atoms with Crippen LogP contribution in [0.2, 0.25) is 0 Å². The second-order valence-corrected chi connectivity index (χ2v) is 6.16. The lowest BCUT2D eigenvalue weighted by Gasteiger charge is -2.32. The Hall–Kier alpha value is -1.14. The highest BCUT2D eigenvalue weighted by molar-refractivity contribution is 6.60. The van der Waals surface area contributed by atoms with Gasteiger partial charge in [0, 0.05) is 12.3 Å². The van der Waals surface area contributed by atoms with Crippen LogP contribution in [0.25, 0.3) is 0 Å². The van der Waals surface area contributed by atoms with Crippen LogP contribution in [0.5, 0.6) is 5.88 Å². The van der Waals surface area contributed by atoms with Crippen molar-refractivity contribution in [3.63, 3.8) is 0 Å². The van der Waals surface area contributed by atoms with Crippen molar-refractivity contribution in [2.45, 2.75) is 57.8 Å². The Morgan fingerprint density at radius 3 is 2.42 bits per heavy atom. The molecule has 0 atom stereocenters. The maximum absolute atomic E-state index is 5.92. The summed E-state index contributed by atoms with van der Waals surface area (Å²) < 4.78 is 17.5. The lowest BCUT2D eigenvalue weighted by atomic mass is 9.89. The van der Waals surface area contributed by atoms with Gasteiger partial charge >= 0.3 is 7.12 Å². The number of ether oxygens (including phenoxy) is 1. The Morgan fingerprint density at radius 2 is 1.84 bits per heavy atom. The van der Waals surface area contributed by atoms with Gasteiger partial charge in [0.15, 0.2) is 5.72 Å². The smallest absolute Gasteiger partial charge is 0.474 e. The first-order valence-corrected chi connectivity index (χ1v) is 6.73. The Bertz CT molecular complexity index is 473. The van der Waals surface area contributed by atoms with Crippen molar-refractivity contribution in [3.8, 4) is 5.88 Å². The maximum Gasteiger partial charge on any atom is 0.534 e. The SMILES string of the molecule is CC1(C)OB(c2nccc(OC3CC3)n2)OC1(C)C. The lowest BCUT2D eigenvalue weighted by Crippen LogP contribution is -2.41. The lowest BCUT2D eigenvalue weighted by molar-refractivity contribution is 0.00578. The second-order valence-electron chi connectivity index (χ2n) is 6.16.